The number of rotatable bonds is 3. The van der Waals surface area contributed by atoms with Crippen molar-refractivity contribution in [1.82, 2.24) is 0 Å². The van der Waals surface area contributed by atoms with Crippen molar-refractivity contribution < 1.29 is 14.6 Å². The Balaban J connectivity index is 1.41. The molecule has 1 saturated heterocycles. The molecule has 1 heterocycles. The topological polar surface area (TPSA) is 38.7 Å². The summed E-state index contributed by atoms with van der Waals surface area (Å²) in [7, 11) is 0. The summed E-state index contributed by atoms with van der Waals surface area (Å²) >= 11 is 0. The molecule has 0 aromatic rings. The molecular weight excluding hydrogens is 348 g/mol. The summed E-state index contributed by atoms with van der Waals surface area (Å²) in [5, 5.41) is 11.2. The Bertz CT molecular complexity index is 650. The van der Waals surface area contributed by atoms with Gasteiger partial charge in [-0.25, -0.2) is 0 Å². The van der Waals surface area contributed by atoms with Crippen LogP contribution in [0.15, 0.2) is 11.6 Å². The third-order valence-electron chi connectivity index (χ3n) is 10.0. The summed E-state index contributed by atoms with van der Waals surface area (Å²) in [6.07, 6.45) is 15.0. The van der Waals surface area contributed by atoms with E-state index in [1.165, 1.54) is 38.5 Å². The van der Waals surface area contributed by atoms with Crippen molar-refractivity contribution in [2.24, 2.45) is 28.6 Å². The van der Waals surface area contributed by atoms with Crippen LogP contribution in [0.4, 0.5) is 0 Å². The first-order valence-corrected chi connectivity index (χ1v) is 12.1. The smallest absolute Gasteiger partial charge is 0.174 e. The molecule has 28 heavy (non-hydrogen) atoms. The van der Waals surface area contributed by atoms with E-state index in [1.54, 1.807) is 5.57 Å². The molecule has 4 aliphatic carbocycles. The van der Waals surface area contributed by atoms with Gasteiger partial charge >= 0.3 is 0 Å². The number of fused-ring (bicyclic) bond motifs is 6. The lowest BCUT2D eigenvalue weighted by molar-refractivity contribution is -0.242. The van der Waals surface area contributed by atoms with Crippen molar-refractivity contribution in [3.8, 4) is 0 Å². The Morgan fingerprint density at radius 3 is 2.54 bits per heavy atom. The van der Waals surface area contributed by atoms with Crippen LogP contribution in [0.5, 0.6) is 0 Å². The molecule has 3 nitrogen and oxygen atoms in total. The highest BCUT2D eigenvalue weighted by Gasteiger charge is 2.66. The molecule has 1 N–H and O–H groups in total. The van der Waals surface area contributed by atoms with Gasteiger partial charge in [-0.3, -0.25) is 0 Å². The highest BCUT2D eigenvalue weighted by atomic mass is 16.7. The SMILES string of the molecule is CCCC[C@@]1(O)CC[C@@]2(C)C(=CC[C@@H]3[C@@H]2CC[C@@]2(C)[C@H]3CCC23OCCO3)C1. The highest BCUT2D eigenvalue weighted by molar-refractivity contribution is 5.27. The minimum Gasteiger partial charge on any atom is -0.390 e. The van der Waals surface area contributed by atoms with Crippen LogP contribution in [0.2, 0.25) is 0 Å². The Kier molecular flexibility index (Phi) is 4.58. The molecule has 0 aromatic carbocycles. The maximum atomic E-state index is 11.2. The van der Waals surface area contributed by atoms with Crippen molar-refractivity contribution in [3.05, 3.63) is 11.6 Å². The molecular formula is C25H40O3. The second kappa shape index (κ2) is 6.56. The molecule has 5 aliphatic rings. The van der Waals surface area contributed by atoms with E-state index in [0.29, 0.717) is 5.41 Å². The molecule has 1 aliphatic heterocycles. The summed E-state index contributed by atoms with van der Waals surface area (Å²) in [5.74, 6) is 1.97. The Labute approximate surface area is 171 Å². The van der Waals surface area contributed by atoms with Crippen LogP contribution in [0.3, 0.4) is 0 Å². The van der Waals surface area contributed by atoms with Crippen molar-refractivity contribution in [2.45, 2.75) is 103 Å². The average molecular weight is 389 g/mol. The molecule has 4 fully saturated rings. The molecule has 0 aromatic heterocycles. The number of ether oxygens (including phenoxy) is 2. The minimum atomic E-state index is -0.444. The van der Waals surface area contributed by atoms with Gasteiger partial charge in [0.15, 0.2) is 5.79 Å². The van der Waals surface area contributed by atoms with Crippen molar-refractivity contribution in [3.63, 3.8) is 0 Å². The molecule has 3 heteroatoms. The van der Waals surface area contributed by atoms with E-state index >= 15 is 0 Å². The summed E-state index contributed by atoms with van der Waals surface area (Å²) in [6.45, 7) is 8.78. The van der Waals surface area contributed by atoms with Crippen molar-refractivity contribution in [1.29, 1.82) is 0 Å². The van der Waals surface area contributed by atoms with Gasteiger partial charge in [0, 0.05) is 11.8 Å². The first kappa shape index (κ1) is 19.6. The Hall–Kier alpha value is -0.380. The number of allylic oxidation sites excluding steroid dienone is 1. The van der Waals surface area contributed by atoms with Crippen LogP contribution in [0.25, 0.3) is 0 Å². The van der Waals surface area contributed by atoms with Gasteiger partial charge in [-0.1, -0.05) is 45.3 Å². The fourth-order valence-electron chi connectivity index (χ4n) is 8.32. The zero-order valence-corrected chi connectivity index (χ0v) is 18.3. The van der Waals surface area contributed by atoms with E-state index in [0.717, 1.165) is 63.1 Å². The van der Waals surface area contributed by atoms with Gasteiger partial charge in [0.2, 0.25) is 0 Å². The normalized spacial score (nSPS) is 49.4. The largest absolute Gasteiger partial charge is 0.390 e. The molecule has 6 atom stereocenters. The maximum absolute atomic E-state index is 11.2. The first-order valence-electron chi connectivity index (χ1n) is 12.1. The average Bonchev–Trinajstić information content (AvgIpc) is 3.27. The zero-order valence-electron chi connectivity index (χ0n) is 18.3. The number of aliphatic hydroxyl groups is 1. The first-order chi connectivity index (χ1) is 13.4. The van der Waals surface area contributed by atoms with Gasteiger partial charge in [0.1, 0.15) is 0 Å². The van der Waals surface area contributed by atoms with E-state index < -0.39 is 5.60 Å². The monoisotopic (exact) mass is 388 g/mol. The Morgan fingerprint density at radius 2 is 1.79 bits per heavy atom. The summed E-state index contributed by atoms with van der Waals surface area (Å²) < 4.78 is 12.6. The summed E-state index contributed by atoms with van der Waals surface area (Å²) in [4.78, 5) is 0. The van der Waals surface area contributed by atoms with Crippen molar-refractivity contribution >= 4 is 0 Å². The third kappa shape index (κ3) is 2.58. The summed E-state index contributed by atoms with van der Waals surface area (Å²) in [5.41, 5.74) is 1.63. The minimum absolute atomic E-state index is 0.183. The van der Waals surface area contributed by atoms with Crippen molar-refractivity contribution in [2.75, 3.05) is 13.2 Å². The van der Waals surface area contributed by atoms with Gasteiger partial charge in [-0.2, -0.15) is 0 Å². The molecule has 0 unspecified atom stereocenters. The maximum Gasteiger partial charge on any atom is 0.174 e. The molecule has 158 valence electrons. The molecule has 5 rings (SSSR count). The van der Waals surface area contributed by atoms with Crippen LogP contribution >= 0.6 is 0 Å². The van der Waals surface area contributed by atoms with Crippen LogP contribution in [0.1, 0.15) is 91.4 Å². The third-order valence-corrected chi connectivity index (χ3v) is 10.0. The quantitative estimate of drug-likeness (QED) is 0.638. The van der Waals surface area contributed by atoms with Gasteiger partial charge in [0.05, 0.1) is 18.8 Å². The number of hydrogen-bond donors (Lipinski definition) is 1. The number of hydrogen-bond acceptors (Lipinski definition) is 3. The second-order valence-corrected chi connectivity index (χ2v) is 11.2. The standard InChI is InChI=1S/C25H40O3/c1-4-5-10-24(26)14-13-22(2)18(17-24)6-7-19-20(22)8-11-23(3)21(19)9-12-25(23)27-15-16-28-25/h6,19-21,26H,4-5,7-17H2,1-3H3/t19-,20+,21+,22+,23+,24-/m1/s1. The molecule has 1 spiro atoms. The lowest BCUT2D eigenvalue weighted by Crippen LogP contribution is -2.55. The van der Waals surface area contributed by atoms with Gasteiger partial charge in [-0.05, 0) is 74.5 Å². The second-order valence-electron chi connectivity index (χ2n) is 11.2. The molecule has 3 saturated carbocycles. The van der Waals surface area contributed by atoms with Gasteiger partial charge in [0.25, 0.3) is 0 Å². The fraction of sp³-hybridized carbons (Fsp3) is 0.920. The highest BCUT2D eigenvalue weighted by Crippen LogP contribution is 2.69. The number of unbranched alkanes of at least 4 members (excludes halogenated alkanes) is 1. The fourth-order valence-corrected chi connectivity index (χ4v) is 8.32. The van der Waals surface area contributed by atoms with E-state index in [4.69, 9.17) is 9.47 Å². The van der Waals surface area contributed by atoms with Crippen LogP contribution in [0, 0.1) is 28.6 Å². The summed E-state index contributed by atoms with van der Waals surface area (Å²) in [6, 6.07) is 0. The van der Waals surface area contributed by atoms with Gasteiger partial charge in [-0.15, -0.1) is 0 Å². The molecule has 0 amide bonds. The van der Waals surface area contributed by atoms with E-state index in [9.17, 15) is 5.11 Å². The zero-order chi connectivity index (χ0) is 19.6. The lowest BCUT2D eigenvalue weighted by Gasteiger charge is -2.59. The molecule has 0 bridgehead atoms. The van der Waals surface area contributed by atoms with E-state index in [-0.39, 0.29) is 11.2 Å². The predicted molar refractivity (Wildman–Crippen MR) is 111 cm³/mol. The van der Waals surface area contributed by atoms with Gasteiger partial charge < -0.3 is 14.6 Å². The lowest BCUT2D eigenvalue weighted by atomic mass is 9.47. The van der Waals surface area contributed by atoms with Crippen LogP contribution in [-0.4, -0.2) is 29.7 Å². The predicted octanol–water partition coefficient (Wildman–Crippen LogP) is 5.61. The van der Waals surface area contributed by atoms with E-state index in [2.05, 4.69) is 26.8 Å². The Morgan fingerprint density at radius 1 is 1.04 bits per heavy atom. The van der Waals surface area contributed by atoms with Crippen LogP contribution < -0.4 is 0 Å². The van der Waals surface area contributed by atoms with E-state index in [1.807, 2.05) is 0 Å². The van der Waals surface area contributed by atoms with Crippen LogP contribution in [-0.2, 0) is 9.47 Å². The molecule has 0 radical (unpaired) electrons.